The predicted octanol–water partition coefficient (Wildman–Crippen LogP) is 4.21. The van der Waals surface area contributed by atoms with Crippen molar-refractivity contribution in [3.05, 3.63) is 65.0 Å². The van der Waals surface area contributed by atoms with Crippen LogP contribution in [0.3, 0.4) is 0 Å². The van der Waals surface area contributed by atoms with Crippen molar-refractivity contribution in [2.75, 3.05) is 5.75 Å². The molecule has 2 aromatic carbocycles. The maximum atomic E-state index is 14.0. The van der Waals surface area contributed by atoms with Gasteiger partial charge in [-0.15, -0.1) is 10.2 Å². The van der Waals surface area contributed by atoms with Gasteiger partial charge in [0, 0.05) is 7.05 Å². The minimum atomic E-state index is -0.352. The number of carbonyl (C=O) groups excluding carboxylic acids is 1. The number of nitrogens with zero attached hydrogens (tertiary/aromatic N) is 3. The van der Waals surface area contributed by atoms with Crippen LogP contribution in [0.25, 0.3) is 11.4 Å². The number of nitrogens with one attached hydrogen (secondary N) is 1. The van der Waals surface area contributed by atoms with Gasteiger partial charge >= 0.3 is 0 Å². The zero-order chi connectivity index (χ0) is 20.3. The molecular formula is C21H23FN4OS. The van der Waals surface area contributed by atoms with Crippen molar-refractivity contribution < 1.29 is 9.18 Å². The zero-order valence-electron chi connectivity index (χ0n) is 16.4. The highest BCUT2D eigenvalue weighted by Crippen LogP contribution is 2.24. The molecule has 0 aliphatic heterocycles. The van der Waals surface area contributed by atoms with Crippen LogP contribution in [0.2, 0.25) is 0 Å². The van der Waals surface area contributed by atoms with Crippen LogP contribution >= 0.6 is 11.8 Å². The number of amides is 1. The van der Waals surface area contributed by atoms with Gasteiger partial charge in [0.15, 0.2) is 11.0 Å². The molecule has 1 amide bonds. The van der Waals surface area contributed by atoms with Crippen molar-refractivity contribution in [1.29, 1.82) is 0 Å². The van der Waals surface area contributed by atoms with E-state index >= 15 is 0 Å². The van der Waals surface area contributed by atoms with Crippen LogP contribution < -0.4 is 5.32 Å². The summed E-state index contributed by atoms with van der Waals surface area (Å²) in [7, 11) is 1.76. The molecule has 0 radical (unpaired) electrons. The number of aryl methyl sites for hydroxylation is 2. The van der Waals surface area contributed by atoms with Crippen molar-refractivity contribution in [2.24, 2.45) is 7.05 Å². The molecule has 0 aliphatic rings. The first kappa shape index (κ1) is 20.1. The van der Waals surface area contributed by atoms with E-state index in [1.165, 1.54) is 29.0 Å². The Hall–Kier alpha value is -2.67. The summed E-state index contributed by atoms with van der Waals surface area (Å²) in [5.41, 5.74) is 3.89. The molecule has 0 saturated heterocycles. The molecule has 146 valence electrons. The van der Waals surface area contributed by atoms with E-state index in [0.717, 1.165) is 5.56 Å². The van der Waals surface area contributed by atoms with Gasteiger partial charge in [-0.25, -0.2) is 4.39 Å². The number of thioether (sulfide) groups is 1. The number of benzene rings is 2. The van der Waals surface area contributed by atoms with E-state index in [-0.39, 0.29) is 23.5 Å². The quantitative estimate of drug-likeness (QED) is 0.632. The van der Waals surface area contributed by atoms with Crippen molar-refractivity contribution in [3.63, 3.8) is 0 Å². The lowest BCUT2D eigenvalue weighted by molar-refractivity contribution is -0.119. The second kappa shape index (κ2) is 8.56. The molecule has 3 rings (SSSR count). The third kappa shape index (κ3) is 4.42. The van der Waals surface area contributed by atoms with Crippen molar-refractivity contribution in [2.45, 2.75) is 32.0 Å². The van der Waals surface area contributed by atoms with Crippen LogP contribution in [-0.4, -0.2) is 26.4 Å². The van der Waals surface area contributed by atoms with E-state index in [0.29, 0.717) is 16.5 Å². The molecule has 0 saturated carbocycles. The van der Waals surface area contributed by atoms with Crippen LogP contribution in [0.5, 0.6) is 0 Å². The van der Waals surface area contributed by atoms with E-state index in [1.807, 2.05) is 13.0 Å². The van der Waals surface area contributed by atoms with Gasteiger partial charge in [-0.05, 0) is 49.6 Å². The minimum Gasteiger partial charge on any atom is -0.349 e. The lowest BCUT2D eigenvalue weighted by atomic mass is 10.0. The molecule has 1 unspecified atom stereocenters. The Morgan fingerprint density at radius 1 is 1.18 bits per heavy atom. The van der Waals surface area contributed by atoms with Gasteiger partial charge < -0.3 is 9.88 Å². The fourth-order valence-electron chi connectivity index (χ4n) is 2.85. The summed E-state index contributed by atoms with van der Waals surface area (Å²) in [6.45, 7) is 6.09. The van der Waals surface area contributed by atoms with E-state index < -0.39 is 0 Å². The van der Waals surface area contributed by atoms with E-state index in [2.05, 4.69) is 41.5 Å². The van der Waals surface area contributed by atoms with Gasteiger partial charge in [-0.2, -0.15) is 0 Å². The van der Waals surface area contributed by atoms with E-state index in [1.54, 1.807) is 29.8 Å². The van der Waals surface area contributed by atoms with Gasteiger partial charge in [0.1, 0.15) is 5.82 Å². The molecular weight excluding hydrogens is 375 g/mol. The highest BCUT2D eigenvalue weighted by molar-refractivity contribution is 7.99. The summed E-state index contributed by atoms with van der Waals surface area (Å²) in [6, 6.07) is 12.5. The molecule has 5 nitrogen and oxygen atoms in total. The Bertz CT molecular complexity index is 1000. The molecule has 28 heavy (non-hydrogen) atoms. The predicted molar refractivity (Wildman–Crippen MR) is 110 cm³/mol. The Morgan fingerprint density at radius 2 is 1.93 bits per heavy atom. The number of carbonyl (C=O) groups is 1. The minimum absolute atomic E-state index is 0.0825. The molecule has 0 bridgehead atoms. The maximum Gasteiger partial charge on any atom is 0.230 e. The van der Waals surface area contributed by atoms with Crippen LogP contribution in [0.1, 0.15) is 29.7 Å². The highest BCUT2D eigenvalue weighted by atomic mass is 32.2. The Morgan fingerprint density at radius 3 is 2.64 bits per heavy atom. The Labute approximate surface area is 168 Å². The maximum absolute atomic E-state index is 14.0. The lowest BCUT2D eigenvalue weighted by Gasteiger charge is -2.15. The SMILES string of the molecule is Cc1ccc(C(C)NC(=O)CSc2nnc(-c3ccccc3F)n2C)cc1C. The normalized spacial score (nSPS) is 12.0. The summed E-state index contributed by atoms with van der Waals surface area (Å²) in [4.78, 5) is 12.3. The number of hydrogen-bond donors (Lipinski definition) is 1. The summed E-state index contributed by atoms with van der Waals surface area (Å²) in [6.07, 6.45) is 0. The van der Waals surface area contributed by atoms with E-state index in [4.69, 9.17) is 0 Å². The van der Waals surface area contributed by atoms with Gasteiger partial charge in [-0.1, -0.05) is 42.1 Å². The fourth-order valence-corrected chi connectivity index (χ4v) is 3.57. The van der Waals surface area contributed by atoms with E-state index in [9.17, 15) is 9.18 Å². The molecule has 1 N–H and O–H groups in total. The zero-order valence-corrected chi connectivity index (χ0v) is 17.2. The summed E-state index contributed by atoms with van der Waals surface area (Å²) < 4.78 is 15.7. The first-order valence-corrected chi connectivity index (χ1v) is 9.99. The molecule has 0 fully saturated rings. The summed E-state index contributed by atoms with van der Waals surface area (Å²) in [5.74, 6) is 0.198. The number of aromatic nitrogens is 3. The average Bonchev–Trinajstić information content (AvgIpc) is 3.03. The Kier molecular flexibility index (Phi) is 6.14. The first-order chi connectivity index (χ1) is 13.4. The average molecular weight is 399 g/mol. The second-order valence-corrected chi connectivity index (χ2v) is 7.71. The lowest BCUT2D eigenvalue weighted by Crippen LogP contribution is -2.28. The number of halogens is 1. The summed E-state index contributed by atoms with van der Waals surface area (Å²) in [5, 5.41) is 11.7. The largest absolute Gasteiger partial charge is 0.349 e. The Balaban J connectivity index is 1.62. The van der Waals surface area contributed by atoms with Crippen LogP contribution in [0.15, 0.2) is 47.6 Å². The van der Waals surface area contributed by atoms with Crippen molar-refractivity contribution in [3.8, 4) is 11.4 Å². The third-order valence-corrected chi connectivity index (χ3v) is 5.71. The van der Waals surface area contributed by atoms with Gasteiger partial charge in [-0.3, -0.25) is 4.79 Å². The number of rotatable bonds is 6. The molecule has 3 aromatic rings. The molecule has 1 aromatic heterocycles. The van der Waals surface area contributed by atoms with Crippen molar-refractivity contribution >= 4 is 17.7 Å². The molecule has 1 heterocycles. The fraction of sp³-hybridized carbons (Fsp3) is 0.286. The second-order valence-electron chi connectivity index (χ2n) is 6.77. The smallest absolute Gasteiger partial charge is 0.230 e. The standard InChI is InChI=1S/C21H23FN4OS/c1-13-9-10-16(11-14(13)2)15(3)23-19(27)12-28-21-25-24-20(26(21)4)17-7-5-6-8-18(17)22/h5-11,15H,12H2,1-4H3,(H,23,27). The van der Waals surface area contributed by atoms with Gasteiger partial charge in [0.2, 0.25) is 5.91 Å². The van der Waals surface area contributed by atoms with Crippen LogP contribution in [0, 0.1) is 19.7 Å². The highest BCUT2D eigenvalue weighted by Gasteiger charge is 2.16. The first-order valence-electron chi connectivity index (χ1n) is 9.00. The monoisotopic (exact) mass is 398 g/mol. The summed E-state index contributed by atoms with van der Waals surface area (Å²) >= 11 is 1.27. The molecule has 1 atom stereocenters. The topological polar surface area (TPSA) is 59.8 Å². The third-order valence-electron chi connectivity index (χ3n) is 4.69. The van der Waals surface area contributed by atoms with Gasteiger partial charge in [0.05, 0.1) is 17.4 Å². The van der Waals surface area contributed by atoms with Crippen molar-refractivity contribution in [1.82, 2.24) is 20.1 Å². The van der Waals surface area contributed by atoms with Crippen LogP contribution in [0.4, 0.5) is 4.39 Å². The molecule has 0 spiro atoms. The molecule has 7 heteroatoms. The van der Waals surface area contributed by atoms with Crippen LogP contribution in [-0.2, 0) is 11.8 Å². The number of hydrogen-bond acceptors (Lipinski definition) is 4. The molecule has 0 aliphatic carbocycles. The van der Waals surface area contributed by atoms with Gasteiger partial charge in [0.25, 0.3) is 0 Å².